The van der Waals surface area contributed by atoms with E-state index in [1.165, 1.54) is 12.8 Å². The van der Waals surface area contributed by atoms with Gasteiger partial charge in [-0.05, 0) is 37.5 Å². The largest absolute Gasteiger partial charge is 0.342 e. The van der Waals surface area contributed by atoms with Crippen LogP contribution in [0.2, 0.25) is 0 Å². The van der Waals surface area contributed by atoms with Gasteiger partial charge < -0.3 is 4.90 Å². The predicted octanol–water partition coefficient (Wildman–Crippen LogP) is 2.29. The quantitative estimate of drug-likeness (QED) is 0.662. The second-order valence-corrected chi connectivity index (χ2v) is 5.18. The average molecular weight is 195 g/mol. The summed E-state index contributed by atoms with van der Waals surface area (Å²) in [6.07, 6.45) is 4.72. The van der Waals surface area contributed by atoms with Crippen LogP contribution in [0.5, 0.6) is 0 Å². The maximum atomic E-state index is 11.8. The Hall–Kier alpha value is -0.530. The number of likely N-dealkylation sites (tertiary alicyclic amines) is 1. The molecule has 1 saturated carbocycles. The molecule has 0 atom stereocenters. The van der Waals surface area contributed by atoms with E-state index in [1.807, 2.05) is 0 Å². The SMILES string of the molecule is CC(C)C1CCN(C(=O)C2CC2)CC1. The van der Waals surface area contributed by atoms with Crippen LogP contribution in [0.25, 0.3) is 0 Å². The summed E-state index contributed by atoms with van der Waals surface area (Å²) in [4.78, 5) is 13.9. The highest BCUT2D eigenvalue weighted by Gasteiger charge is 2.35. The van der Waals surface area contributed by atoms with Gasteiger partial charge in [0, 0.05) is 19.0 Å². The molecule has 1 amide bonds. The third-order valence-electron chi connectivity index (χ3n) is 3.72. The van der Waals surface area contributed by atoms with Crippen molar-refractivity contribution in [3.63, 3.8) is 0 Å². The minimum atomic E-state index is 0.408. The van der Waals surface area contributed by atoms with Gasteiger partial charge in [-0.3, -0.25) is 4.79 Å². The first-order valence-electron chi connectivity index (χ1n) is 5.97. The molecule has 1 aliphatic carbocycles. The number of amides is 1. The Kier molecular flexibility index (Phi) is 2.80. The molecule has 2 fully saturated rings. The van der Waals surface area contributed by atoms with E-state index in [0.29, 0.717) is 11.8 Å². The Morgan fingerprint density at radius 3 is 2.14 bits per heavy atom. The molecular weight excluding hydrogens is 174 g/mol. The zero-order valence-electron chi connectivity index (χ0n) is 9.33. The molecule has 0 radical (unpaired) electrons. The van der Waals surface area contributed by atoms with Gasteiger partial charge in [0.05, 0.1) is 0 Å². The van der Waals surface area contributed by atoms with Gasteiger partial charge in [-0.2, -0.15) is 0 Å². The summed E-state index contributed by atoms with van der Waals surface area (Å²) in [5.41, 5.74) is 0. The summed E-state index contributed by atoms with van der Waals surface area (Å²) >= 11 is 0. The van der Waals surface area contributed by atoms with Crippen LogP contribution in [-0.2, 0) is 4.79 Å². The molecule has 14 heavy (non-hydrogen) atoms. The van der Waals surface area contributed by atoms with Crippen molar-refractivity contribution in [2.45, 2.75) is 39.5 Å². The van der Waals surface area contributed by atoms with E-state index in [2.05, 4.69) is 18.7 Å². The highest BCUT2D eigenvalue weighted by Crippen LogP contribution is 2.33. The Balaban J connectivity index is 1.80. The Labute approximate surface area is 86.7 Å². The number of carbonyl (C=O) groups is 1. The van der Waals surface area contributed by atoms with Gasteiger partial charge >= 0.3 is 0 Å². The molecule has 2 nitrogen and oxygen atoms in total. The lowest BCUT2D eigenvalue weighted by molar-refractivity contribution is -0.134. The van der Waals surface area contributed by atoms with Gasteiger partial charge in [0.1, 0.15) is 0 Å². The molecule has 0 aromatic heterocycles. The number of hydrogen-bond acceptors (Lipinski definition) is 1. The number of rotatable bonds is 2. The van der Waals surface area contributed by atoms with E-state index < -0.39 is 0 Å². The topological polar surface area (TPSA) is 20.3 Å². The standard InChI is InChI=1S/C12H21NO/c1-9(2)10-5-7-13(8-6-10)12(14)11-3-4-11/h9-11H,3-8H2,1-2H3. The summed E-state index contributed by atoms with van der Waals surface area (Å²) in [5, 5.41) is 0. The zero-order valence-corrected chi connectivity index (χ0v) is 9.33. The second kappa shape index (κ2) is 3.92. The maximum absolute atomic E-state index is 11.8. The molecule has 2 rings (SSSR count). The molecule has 0 unspecified atom stereocenters. The molecule has 80 valence electrons. The molecular formula is C12H21NO. The van der Waals surface area contributed by atoms with Crippen molar-refractivity contribution in [1.82, 2.24) is 4.90 Å². The number of nitrogens with zero attached hydrogens (tertiary/aromatic N) is 1. The van der Waals surface area contributed by atoms with Crippen LogP contribution >= 0.6 is 0 Å². The van der Waals surface area contributed by atoms with Crippen molar-refractivity contribution in [3.8, 4) is 0 Å². The van der Waals surface area contributed by atoms with Gasteiger partial charge in [0.15, 0.2) is 0 Å². The second-order valence-electron chi connectivity index (χ2n) is 5.18. The van der Waals surface area contributed by atoms with Gasteiger partial charge in [-0.25, -0.2) is 0 Å². The van der Waals surface area contributed by atoms with Crippen molar-refractivity contribution >= 4 is 5.91 Å². The van der Waals surface area contributed by atoms with Crippen LogP contribution in [0.4, 0.5) is 0 Å². The van der Waals surface area contributed by atoms with Crippen LogP contribution in [0.15, 0.2) is 0 Å². The fraction of sp³-hybridized carbons (Fsp3) is 0.917. The molecule has 2 aliphatic rings. The van der Waals surface area contributed by atoms with Crippen LogP contribution in [-0.4, -0.2) is 23.9 Å². The lowest BCUT2D eigenvalue weighted by Crippen LogP contribution is -2.40. The highest BCUT2D eigenvalue weighted by molar-refractivity contribution is 5.81. The summed E-state index contributed by atoms with van der Waals surface area (Å²) < 4.78 is 0. The van der Waals surface area contributed by atoms with E-state index in [-0.39, 0.29) is 0 Å². The third kappa shape index (κ3) is 2.10. The molecule has 0 aromatic carbocycles. The van der Waals surface area contributed by atoms with Gasteiger partial charge in [0.25, 0.3) is 0 Å². The smallest absolute Gasteiger partial charge is 0.225 e. The first kappa shape index (κ1) is 10.0. The Morgan fingerprint density at radius 1 is 1.14 bits per heavy atom. The van der Waals surface area contributed by atoms with Crippen molar-refractivity contribution in [1.29, 1.82) is 0 Å². The van der Waals surface area contributed by atoms with Crippen LogP contribution < -0.4 is 0 Å². The van der Waals surface area contributed by atoms with Gasteiger partial charge in [-0.1, -0.05) is 13.8 Å². The molecule has 0 bridgehead atoms. The molecule has 2 heteroatoms. The van der Waals surface area contributed by atoms with E-state index >= 15 is 0 Å². The van der Waals surface area contributed by atoms with Crippen LogP contribution in [0.3, 0.4) is 0 Å². The Morgan fingerprint density at radius 2 is 1.71 bits per heavy atom. The monoisotopic (exact) mass is 195 g/mol. The summed E-state index contributed by atoms with van der Waals surface area (Å²) in [6.45, 7) is 6.61. The highest BCUT2D eigenvalue weighted by atomic mass is 16.2. The fourth-order valence-electron chi connectivity index (χ4n) is 2.37. The minimum absolute atomic E-state index is 0.408. The van der Waals surface area contributed by atoms with Crippen LogP contribution in [0.1, 0.15) is 39.5 Å². The first-order valence-corrected chi connectivity index (χ1v) is 5.97. The Bertz CT molecular complexity index is 212. The van der Waals surface area contributed by atoms with Gasteiger partial charge in [0.2, 0.25) is 5.91 Å². The summed E-state index contributed by atoms with van der Waals surface area (Å²) in [6, 6.07) is 0. The predicted molar refractivity (Wildman–Crippen MR) is 56.9 cm³/mol. The number of piperidine rings is 1. The normalized spacial score (nSPS) is 24.4. The van der Waals surface area contributed by atoms with Gasteiger partial charge in [-0.15, -0.1) is 0 Å². The number of hydrogen-bond donors (Lipinski definition) is 0. The molecule has 1 aliphatic heterocycles. The third-order valence-corrected chi connectivity index (χ3v) is 3.72. The average Bonchev–Trinajstić information content (AvgIpc) is 3.00. The zero-order chi connectivity index (χ0) is 10.1. The summed E-state index contributed by atoms with van der Waals surface area (Å²) in [5.74, 6) is 2.48. The maximum Gasteiger partial charge on any atom is 0.225 e. The minimum Gasteiger partial charge on any atom is -0.342 e. The number of carbonyl (C=O) groups excluding carboxylic acids is 1. The molecule has 0 aromatic rings. The summed E-state index contributed by atoms with van der Waals surface area (Å²) in [7, 11) is 0. The van der Waals surface area contributed by atoms with Crippen molar-refractivity contribution in [3.05, 3.63) is 0 Å². The molecule has 0 N–H and O–H groups in total. The van der Waals surface area contributed by atoms with Crippen molar-refractivity contribution < 1.29 is 4.79 Å². The van der Waals surface area contributed by atoms with Crippen molar-refractivity contribution in [2.24, 2.45) is 17.8 Å². The molecule has 0 spiro atoms. The lowest BCUT2D eigenvalue weighted by atomic mass is 9.86. The lowest BCUT2D eigenvalue weighted by Gasteiger charge is -2.34. The van der Waals surface area contributed by atoms with E-state index in [1.54, 1.807) is 0 Å². The van der Waals surface area contributed by atoms with Crippen molar-refractivity contribution in [2.75, 3.05) is 13.1 Å². The molecule has 1 heterocycles. The van der Waals surface area contributed by atoms with Crippen LogP contribution in [0, 0.1) is 17.8 Å². The fourth-order valence-corrected chi connectivity index (χ4v) is 2.37. The van der Waals surface area contributed by atoms with E-state index in [4.69, 9.17) is 0 Å². The van der Waals surface area contributed by atoms with E-state index in [9.17, 15) is 4.79 Å². The molecule has 1 saturated heterocycles. The first-order chi connectivity index (χ1) is 6.68. The van der Waals surface area contributed by atoms with E-state index in [0.717, 1.165) is 37.8 Å².